The van der Waals surface area contributed by atoms with Crippen LogP contribution in [0, 0.1) is 0 Å². The highest BCUT2D eigenvalue weighted by molar-refractivity contribution is 5.62. The molecule has 2 rings (SSSR count). The summed E-state index contributed by atoms with van der Waals surface area (Å²) in [6.45, 7) is 2.16. The number of aromatic nitrogens is 2. The van der Waals surface area contributed by atoms with Gasteiger partial charge < -0.3 is 10.2 Å². The van der Waals surface area contributed by atoms with Crippen molar-refractivity contribution in [3.05, 3.63) is 42.2 Å². The lowest BCUT2D eigenvalue weighted by molar-refractivity contribution is 0.895. The molecule has 0 fully saturated rings. The van der Waals surface area contributed by atoms with E-state index in [4.69, 9.17) is 0 Å². The second-order valence-electron chi connectivity index (χ2n) is 4.50. The molecule has 1 aromatic carbocycles. The van der Waals surface area contributed by atoms with E-state index < -0.39 is 0 Å². The molecule has 0 atom stereocenters. The van der Waals surface area contributed by atoms with E-state index in [9.17, 15) is 0 Å². The van der Waals surface area contributed by atoms with E-state index in [2.05, 4.69) is 28.3 Å². The number of hydrogen-bond acceptors (Lipinski definition) is 4. The Labute approximate surface area is 114 Å². The van der Waals surface area contributed by atoms with Crippen LogP contribution in [-0.4, -0.2) is 24.1 Å². The van der Waals surface area contributed by atoms with Crippen molar-refractivity contribution in [2.45, 2.75) is 19.8 Å². The van der Waals surface area contributed by atoms with E-state index in [0.29, 0.717) is 5.95 Å². The molecule has 0 aliphatic heterocycles. The van der Waals surface area contributed by atoms with E-state index in [1.807, 2.05) is 49.6 Å². The summed E-state index contributed by atoms with van der Waals surface area (Å²) in [7, 11) is 3.89. The normalized spacial score (nSPS) is 10.3. The smallest absolute Gasteiger partial charge is 0.229 e. The second kappa shape index (κ2) is 6.18. The SMILES string of the molecule is CCCc1cnc(N(C)c2cccc(NC)c2)nc1. The molecule has 1 aromatic heterocycles. The molecular formula is C15H20N4. The summed E-state index contributed by atoms with van der Waals surface area (Å²) >= 11 is 0. The first kappa shape index (κ1) is 13.3. The first-order valence-corrected chi connectivity index (χ1v) is 6.57. The zero-order valence-electron chi connectivity index (χ0n) is 11.7. The van der Waals surface area contributed by atoms with Gasteiger partial charge in [-0.25, -0.2) is 9.97 Å². The largest absolute Gasteiger partial charge is 0.388 e. The van der Waals surface area contributed by atoms with Gasteiger partial charge in [-0.05, 0) is 30.2 Å². The fourth-order valence-corrected chi connectivity index (χ4v) is 1.92. The number of hydrogen-bond donors (Lipinski definition) is 1. The topological polar surface area (TPSA) is 41.1 Å². The zero-order chi connectivity index (χ0) is 13.7. The number of nitrogens with zero attached hydrogens (tertiary/aromatic N) is 3. The molecule has 0 saturated carbocycles. The maximum absolute atomic E-state index is 4.42. The van der Waals surface area contributed by atoms with Gasteiger partial charge in [0, 0.05) is 37.9 Å². The van der Waals surface area contributed by atoms with Crippen LogP contribution < -0.4 is 10.2 Å². The van der Waals surface area contributed by atoms with Crippen LogP contribution in [0.15, 0.2) is 36.7 Å². The Balaban J connectivity index is 2.20. The summed E-state index contributed by atoms with van der Waals surface area (Å²) in [5, 5.41) is 3.13. The molecule has 2 aromatic rings. The molecule has 1 heterocycles. The molecule has 19 heavy (non-hydrogen) atoms. The van der Waals surface area contributed by atoms with Crippen molar-refractivity contribution in [1.82, 2.24) is 9.97 Å². The highest BCUT2D eigenvalue weighted by Gasteiger charge is 2.07. The summed E-state index contributed by atoms with van der Waals surface area (Å²) in [6, 6.07) is 8.17. The summed E-state index contributed by atoms with van der Waals surface area (Å²) in [6.07, 6.45) is 5.95. The summed E-state index contributed by atoms with van der Waals surface area (Å²) < 4.78 is 0. The van der Waals surface area contributed by atoms with E-state index in [1.54, 1.807) is 0 Å². The molecule has 0 unspecified atom stereocenters. The van der Waals surface area contributed by atoms with Gasteiger partial charge in [0.05, 0.1) is 0 Å². The average Bonchev–Trinajstić information content (AvgIpc) is 2.48. The lowest BCUT2D eigenvalue weighted by Crippen LogP contribution is -2.13. The Morgan fingerprint density at radius 2 is 1.95 bits per heavy atom. The number of aryl methyl sites for hydroxylation is 1. The van der Waals surface area contributed by atoms with Crippen LogP contribution in [0.4, 0.5) is 17.3 Å². The second-order valence-corrected chi connectivity index (χ2v) is 4.50. The Morgan fingerprint density at radius 1 is 1.21 bits per heavy atom. The van der Waals surface area contributed by atoms with Crippen molar-refractivity contribution >= 4 is 17.3 Å². The molecule has 0 spiro atoms. The third-order valence-electron chi connectivity index (χ3n) is 3.05. The van der Waals surface area contributed by atoms with Gasteiger partial charge in [-0.2, -0.15) is 0 Å². The minimum atomic E-state index is 0.716. The van der Waals surface area contributed by atoms with Crippen LogP contribution in [0.2, 0.25) is 0 Å². The number of nitrogens with one attached hydrogen (secondary N) is 1. The van der Waals surface area contributed by atoms with Crippen LogP contribution in [0.1, 0.15) is 18.9 Å². The molecule has 0 aliphatic carbocycles. The molecule has 0 radical (unpaired) electrons. The van der Waals surface area contributed by atoms with E-state index >= 15 is 0 Å². The highest BCUT2D eigenvalue weighted by atomic mass is 15.2. The third-order valence-corrected chi connectivity index (χ3v) is 3.05. The Bertz CT molecular complexity index is 522. The average molecular weight is 256 g/mol. The van der Waals surface area contributed by atoms with E-state index in [1.165, 1.54) is 5.56 Å². The van der Waals surface area contributed by atoms with Crippen molar-refractivity contribution in [3.8, 4) is 0 Å². The van der Waals surface area contributed by atoms with Gasteiger partial charge in [0.25, 0.3) is 0 Å². The van der Waals surface area contributed by atoms with Crippen LogP contribution in [0.3, 0.4) is 0 Å². The van der Waals surface area contributed by atoms with Gasteiger partial charge in [0.1, 0.15) is 0 Å². The lowest BCUT2D eigenvalue weighted by atomic mass is 10.2. The van der Waals surface area contributed by atoms with Crippen LogP contribution in [-0.2, 0) is 6.42 Å². The number of benzene rings is 1. The Morgan fingerprint density at radius 3 is 2.58 bits per heavy atom. The van der Waals surface area contributed by atoms with Crippen molar-refractivity contribution in [2.75, 3.05) is 24.3 Å². The van der Waals surface area contributed by atoms with Crippen molar-refractivity contribution in [1.29, 1.82) is 0 Å². The highest BCUT2D eigenvalue weighted by Crippen LogP contribution is 2.22. The van der Waals surface area contributed by atoms with Crippen molar-refractivity contribution in [3.63, 3.8) is 0 Å². The first-order chi connectivity index (χ1) is 9.24. The summed E-state index contributed by atoms with van der Waals surface area (Å²) in [4.78, 5) is 10.8. The molecule has 0 bridgehead atoms. The van der Waals surface area contributed by atoms with Crippen molar-refractivity contribution < 1.29 is 0 Å². The maximum atomic E-state index is 4.42. The number of anilines is 3. The first-order valence-electron chi connectivity index (χ1n) is 6.57. The van der Waals surface area contributed by atoms with Gasteiger partial charge in [0.15, 0.2) is 0 Å². The molecule has 100 valence electrons. The lowest BCUT2D eigenvalue weighted by Gasteiger charge is -2.18. The Kier molecular flexibility index (Phi) is 4.34. The van der Waals surface area contributed by atoms with E-state index in [-0.39, 0.29) is 0 Å². The molecule has 0 saturated heterocycles. The van der Waals surface area contributed by atoms with Crippen LogP contribution in [0.25, 0.3) is 0 Å². The Hall–Kier alpha value is -2.10. The van der Waals surface area contributed by atoms with Gasteiger partial charge in [-0.15, -0.1) is 0 Å². The predicted molar refractivity (Wildman–Crippen MR) is 80.1 cm³/mol. The van der Waals surface area contributed by atoms with Gasteiger partial charge in [0.2, 0.25) is 5.95 Å². The zero-order valence-corrected chi connectivity index (χ0v) is 11.7. The fraction of sp³-hybridized carbons (Fsp3) is 0.333. The van der Waals surface area contributed by atoms with Gasteiger partial charge in [-0.1, -0.05) is 19.4 Å². The van der Waals surface area contributed by atoms with Crippen LogP contribution in [0.5, 0.6) is 0 Å². The quantitative estimate of drug-likeness (QED) is 0.891. The fourth-order valence-electron chi connectivity index (χ4n) is 1.92. The van der Waals surface area contributed by atoms with Gasteiger partial charge >= 0.3 is 0 Å². The van der Waals surface area contributed by atoms with Gasteiger partial charge in [-0.3, -0.25) is 0 Å². The molecule has 0 amide bonds. The molecule has 0 aliphatic rings. The monoisotopic (exact) mass is 256 g/mol. The third kappa shape index (κ3) is 3.22. The molecular weight excluding hydrogens is 236 g/mol. The van der Waals surface area contributed by atoms with Crippen molar-refractivity contribution in [2.24, 2.45) is 0 Å². The minimum absolute atomic E-state index is 0.716. The predicted octanol–water partition coefficient (Wildman–Crippen LogP) is 3.24. The van der Waals surface area contributed by atoms with Crippen LogP contribution >= 0.6 is 0 Å². The van der Waals surface area contributed by atoms with E-state index in [0.717, 1.165) is 24.2 Å². The maximum Gasteiger partial charge on any atom is 0.229 e. The minimum Gasteiger partial charge on any atom is -0.388 e. The summed E-state index contributed by atoms with van der Waals surface area (Å²) in [5.74, 6) is 0.716. The molecule has 4 nitrogen and oxygen atoms in total. The summed E-state index contributed by atoms with van der Waals surface area (Å²) in [5.41, 5.74) is 3.32. The number of rotatable bonds is 5. The standard InChI is InChI=1S/C15H20N4/c1-4-6-12-10-17-15(18-11-12)19(3)14-8-5-7-13(9-14)16-2/h5,7-11,16H,4,6H2,1-3H3. The molecule has 4 heteroatoms. The molecule has 1 N–H and O–H groups in total.